The van der Waals surface area contributed by atoms with Gasteiger partial charge in [-0.3, -0.25) is 9.59 Å². The predicted molar refractivity (Wildman–Crippen MR) is 114 cm³/mol. The lowest BCUT2D eigenvalue weighted by Gasteiger charge is -2.21. The number of hydrogen-bond donors (Lipinski definition) is 1. The molecule has 0 radical (unpaired) electrons. The fourth-order valence-electron chi connectivity index (χ4n) is 3.10. The molecule has 0 fully saturated rings. The smallest absolute Gasteiger partial charge is 0.258 e. The van der Waals surface area contributed by atoms with Gasteiger partial charge in [-0.1, -0.05) is 36.4 Å². The lowest BCUT2D eigenvalue weighted by Crippen LogP contribution is -2.30. The van der Waals surface area contributed by atoms with Gasteiger partial charge >= 0.3 is 0 Å². The molecule has 0 aliphatic carbocycles. The van der Waals surface area contributed by atoms with E-state index >= 15 is 0 Å². The first-order chi connectivity index (χ1) is 14.1. The van der Waals surface area contributed by atoms with Crippen LogP contribution in [0.4, 0.5) is 5.69 Å². The van der Waals surface area contributed by atoms with E-state index in [-0.39, 0.29) is 11.8 Å². The molecule has 0 bridgehead atoms. The highest BCUT2D eigenvalue weighted by Crippen LogP contribution is 2.18. The molecule has 0 saturated heterocycles. The average molecular weight is 388 g/mol. The van der Waals surface area contributed by atoms with E-state index in [4.69, 9.17) is 4.74 Å². The van der Waals surface area contributed by atoms with E-state index in [1.807, 2.05) is 61.5 Å². The Morgan fingerprint density at radius 1 is 0.862 bits per heavy atom. The quantitative estimate of drug-likeness (QED) is 0.657. The van der Waals surface area contributed by atoms with Gasteiger partial charge in [0.25, 0.3) is 11.8 Å². The Labute approximate surface area is 170 Å². The molecule has 1 N–H and O–H groups in total. The van der Waals surface area contributed by atoms with Crippen molar-refractivity contribution in [2.75, 3.05) is 18.6 Å². The third-order valence-corrected chi connectivity index (χ3v) is 4.66. The number of amides is 2. The number of ether oxygens (including phenoxy) is 1. The number of para-hydroxylation sites is 2. The van der Waals surface area contributed by atoms with Crippen molar-refractivity contribution in [3.05, 3.63) is 95.6 Å². The van der Waals surface area contributed by atoms with Gasteiger partial charge in [0.05, 0.1) is 7.11 Å². The van der Waals surface area contributed by atoms with E-state index in [9.17, 15) is 9.59 Å². The molecule has 3 aromatic carbocycles. The minimum Gasteiger partial charge on any atom is -0.496 e. The van der Waals surface area contributed by atoms with Crippen LogP contribution >= 0.6 is 0 Å². The second kappa shape index (κ2) is 9.55. The summed E-state index contributed by atoms with van der Waals surface area (Å²) in [7, 11) is 1.60. The number of benzene rings is 3. The topological polar surface area (TPSA) is 58.6 Å². The van der Waals surface area contributed by atoms with E-state index in [1.54, 1.807) is 36.3 Å². The van der Waals surface area contributed by atoms with Gasteiger partial charge in [0, 0.05) is 35.5 Å². The first-order valence-electron chi connectivity index (χ1n) is 9.51. The summed E-state index contributed by atoms with van der Waals surface area (Å²) >= 11 is 0. The SMILES string of the molecule is CCN(C(=O)c1ccc(C(=O)NCc2ccccc2OC)cc1)c1ccccc1. The minimum absolute atomic E-state index is 0.0975. The van der Waals surface area contributed by atoms with Crippen LogP contribution in [-0.4, -0.2) is 25.5 Å². The van der Waals surface area contributed by atoms with Crippen LogP contribution in [0.1, 0.15) is 33.2 Å². The van der Waals surface area contributed by atoms with Gasteiger partial charge in [-0.05, 0) is 49.4 Å². The van der Waals surface area contributed by atoms with Crippen molar-refractivity contribution in [2.24, 2.45) is 0 Å². The van der Waals surface area contributed by atoms with E-state index in [1.165, 1.54) is 0 Å². The van der Waals surface area contributed by atoms with Crippen molar-refractivity contribution in [3.8, 4) is 5.75 Å². The number of anilines is 1. The molecule has 0 unspecified atom stereocenters. The Kier molecular flexibility index (Phi) is 6.63. The Balaban J connectivity index is 1.67. The molecule has 0 saturated carbocycles. The van der Waals surface area contributed by atoms with Gasteiger partial charge in [0.1, 0.15) is 5.75 Å². The van der Waals surface area contributed by atoms with Crippen LogP contribution in [0, 0.1) is 0 Å². The molecule has 29 heavy (non-hydrogen) atoms. The molecule has 5 heteroatoms. The highest BCUT2D eigenvalue weighted by molar-refractivity contribution is 6.06. The van der Waals surface area contributed by atoms with Gasteiger partial charge in [-0.25, -0.2) is 0 Å². The zero-order valence-electron chi connectivity index (χ0n) is 16.6. The molecule has 2 amide bonds. The van der Waals surface area contributed by atoms with Crippen molar-refractivity contribution in [1.29, 1.82) is 0 Å². The summed E-state index contributed by atoms with van der Waals surface area (Å²) in [6, 6.07) is 23.8. The molecule has 0 atom stereocenters. The Morgan fingerprint density at radius 2 is 1.48 bits per heavy atom. The Hall–Kier alpha value is -3.60. The van der Waals surface area contributed by atoms with Crippen molar-refractivity contribution < 1.29 is 14.3 Å². The zero-order valence-corrected chi connectivity index (χ0v) is 16.6. The van der Waals surface area contributed by atoms with Crippen molar-refractivity contribution in [3.63, 3.8) is 0 Å². The minimum atomic E-state index is -0.203. The van der Waals surface area contributed by atoms with E-state index in [2.05, 4.69) is 5.32 Å². The number of rotatable bonds is 7. The van der Waals surface area contributed by atoms with E-state index in [0.29, 0.717) is 24.2 Å². The summed E-state index contributed by atoms with van der Waals surface area (Å²) in [5.41, 5.74) is 2.78. The summed E-state index contributed by atoms with van der Waals surface area (Å²) in [5, 5.41) is 2.88. The summed E-state index contributed by atoms with van der Waals surface area (Å²) in [5.74, 6) is 0.430. The molecule has 0 aliphatic heterocycles. The third kappa shape index (κ3) is 4.82. The Morgan fingerprint density at radius 3 is 2.14 bits per heavy atom. The van der Waals surface area contributed by atoms with Crippen LogP contribution in [-0.2, 0) is 6.54 Å². The lowest BCUT2D eigenvalue weighted by atomic mass is 10.1. The van der Waals surface area contributed by atoms with Crippen molar-refractivity contribution in [1.82, 2.24) is 5.32 Å². The van der Waals surface area contributed by atoms with Crippen LogP contribution < -0.4 is 15.0 Å². The number of nitrogens with one attached hydrogen (secondary N) is 1. The van der Waals surface area contributed by atoms with Crippen LogP contribution in [0.25, 0.3) is 0 Å². The first kappa shape index (κ1) is 20.1. The molecule has 148 valence electrons. The van der Waals surface area contributed by atoms with Gasteiger partial charge in [-0.2, -0.15) is 0 Å². The normalized spacial score (nSPS) is 10.3. The van der Waals surface area contributed by atoms with Gasteiger partial charge in [0.15, 0.2) is 0 Å². The van der Waals surface area contributed by atoms with E-state index in [0.717, 1.165) is 17.0 Å². The first-order valence-corrected chi connectivity index (χ1v) is 9.51. The monoisotopic (exact) mass is 388 g/mol. The van der Waals surface area contributed by atoms with Gasteiger partial charge in [-0.15, -0.1) is 0 Å². The molecule has 3 aromatic rings. The van der Waals surface area contributed by atoms with Crippen LogP contribution in [0.3, 0.4) is 0 Å². The summed E-state index contributed by atoms with van der Waals surface area (Å²) in [4.78, 5) is 27.0. The number of methoxy groups -OCH3 is 1. The fraction of sp³-hybridized carbons (Fsp3) is 0.167. The van der Waals surface area contributed by atoms with E-state index < -0.39 is 0 Å². The molecule has 0 aliphatic rings. The summed E-state index contributed by atoms with van der Waals surface area (Å²) in [6.45, 7) is 2.86. The molecule has 3 rings (SSSR count). The highest BCUT2D eigenvalue weighted by Gasteiger charge is 2.16. The average Bonchev–Trinajstić information content (AvgIpc) is 2.79. The standard InChI is InChI=1S/C24H24N2O3/c1-3-26(21-10-5-4-6-11-21)24(28)19-15-13-18(14-16-19)23(27)25-17-20-9-7-8-12-22(20)29-2/h4-16H,3,17H2,1-2H3,(H,25,27). The van der Waals surface area contributed by atoms with Crippen LogP contribution in [0.2, 0.25) is 0 Å². The van der Waals surface area contributed by atoms with Gasteiger partial charge in [0.2, 0.25) is 0 Å². The number of carbonyl (C=O) groups is 2. The molecular weight excluding hydrogens is 364 g/mol. The van der Waals surface area contributed by atoms with Gasteiger partial charge < -0.3 is 15.0 Å². The molecular formula is C24H24N2O3. The predicted octanol–water partition coefficient (Wildman–Crippen LogP) is 4.29. The van der Waals surface area contributed by atoms with Crippen LogP contribution in [0.15, 0.2) is 78.9 Å². The third-order valence-electron chi connectivity index (χ3n) is 4.66. The van der Waals surface area contributed by atoms with Crippen LogP contribution in [0.5, 0.6) is 5.75 Å². The molecule has 5 nitrogen and oxygen atoms in total. The Bertz CT molecular complexity index is 969. The molecule has 0 heterocycles. The summed E-state index contributed by atoms with van der Waals surface area (Å²) in [6.07, 6.45) is 0. The second-order valence-electron chi connectivity index (χ2n) is 6.46. The maximum absolute atomic E-state index is 12.9. The molecule has 0 aromatic heterocycles. The van der Waals surface area contributed by atoms with Crippen molar-refractivity contribution >= 4 is 17.5 Å². The maximum atomic E-state index is 12.9. The molecule has 0 spiro atoms. The maximum Gasteiger partial charge on any atom is 0.258 e. The fourth-order valence-corrected chi connectivity index (χ4v) is 3.10. The van der Waals surface area contributed by atoms with Crippen molar-refractivity contribution in [2.45, 2.75) is 13.5 Å². The second-order valence-corrected chi connectivity index (χ2v) is 6.46. The number of nitrogens with zero attached hydrogens (tertiary/aromatic N) is 1. The number of carbonyl (C=O) groups excluding carboxylic acids is 2. The largest absolute Gasteiger partial charge is 0.496 e. The number of hydrogen-bond acceptors (Lipinski definition) is 3. The summed E-state index contributed by atoms with van der Waals surface area (Å²) < 4.78 is 5.30. The highest BCUT2D eigenvalue weighted by atomic mass is 16.5. The zero-order chi connectivity index (χ0) is 20.6. The lowest BCUT2D eigenvalue weighted by molar-refractivity contribution is 0.0947.